The van der Waals surface area contributed by atoms with Crippen molar-refractivity contribution in [1.29, 1.82) is 0 Å². The van der Waals surface area contributed by atoms with E-state index in [2.05, 4.69) is 6.58 Å². The number of hydrogen-bond donors (Lipinski definition) is 0. The van der Waals surface area contributed by atoms with Gasteiger partial charge in [-0.15, -0.1) is 0 Å². The number of para-hydroxylation sites is 1. The minimum Gasteiger partial charge on any atom is -0.451 e. The lowest BCUT2D eigenvalue weighted by atomic mass is 10.1. The van der Waals surface area contributed by atoms with E-state index in [0.717, 1.165) is 17.7 Å². The summed E-state index contributed by atoms with van der Waals surface area (Å²) >= 11 is 0. The Labute approximate surface area is 104 Å². The van der Waals surface area contributed by atoms with Gasteiger partial charge in [-0.2, -0.15) is 0 Å². The predicted octanol–water partition coefficient (Wildman–Crippen LogP) is 4.32. The first-order valence-electron chi connectivity index (χ1n) is 5.46. The highest BCUT2D eigenvalue weighted by molar-refractivity contribution is 5.60. The van der Waals surface area contributed by atoms with Gasteiger partial charge in [-0.25, -0.2) is 8.78 Å². The number of aryl methyl sites for hydroxylation is 1. The molecule has 0 aromatic heterocycles. The lowest BCUT2D eigenvalue weighted by Crippen LogP contribution is -1.98. The van der Waals surface area contributed by atoms with Crippen LogP contribution in [0.15, 0.2) is 49.0 Å². The van der Waals surface area contributed by atoms with Crippen LogP contribution in [0, 0.1) is 18.6 Å². The van der Waals surface area contributed by atoms with Crippen LogP contribution in [0.1, 0.15) is 11.1 Å². The third-order valence-electron chi connectivity index (χ3n) is 2.52. The van der Waals surface area contributed by atoms with Crippen molar-refractivity contribution in [3.8, 4) is 5.75 Å². The average Bonchev–Trinajstić information content (AvgIpc) is 2.34. The second-order valence-electron chi connectivity index (χ2n) is 3.94. The van der Waals surface area contributed by atoms with Crippen LogP contribution in [0.2, 0.25) is 0 Å². The van der Waals surface area contributed by atoms with Crippen molar-refractivity contribution in [3.05, 3.63) is 71.8 Å². The number of benzene rings is 2. The zero-order valence-corrected chi connectivity index (χ0v) is 9.91. The normalized spacial score (nSPS) is 10.2. The van der Waals surface area contributed by atoms with E-state index in [1.54, 1.807) is 12.1 Å². The molecule has 2 rings (SSSR count). The quantitative estimate of drug-likeness (QED) is 0.733. The lowest BCUT2D eigenvalue weighted by molar-refractivity contribution is 0.428. The number of halogens is 2. The van der Waals surface area contributed by atoms with Crippen molar-refractivity contribution in [3.63, 3.8) is 0 Å². The summed E-state index contributed by atoms with van der Waals surface area (Å²) in [6.07, 6.45) is 0. The van der Waals surface area contributed by atoms with E-state index < -0.39 is 17.4 Å². The predicted molar refractivity (Wildman–Crippen MR) is 67.2 cm³/mol. The monoisotopic (exact) mass is 246 g/mol. The summed E-state index contributed by atoms with van der Waals surface area (Å²) in [5.41, 5.74) is 1.77. The van der Waals surface area contributed by atoms with Gasteiger partial charge in [-0.3, -0.25) is 0 Å². The molecule has 0 aliphatic heterocycles. The first kappa shape index (κ1) is 12.3. The van der Waals surface area contributed by atoms with Crippen LogP contribution >= 0.6 is 0 Å². The van der Waals surface area contributed by atoms with E-state index in [1.165, 1.54) is 6.07 Å². The standard InChI is InChI=1S/C15H12F2O/c1-10-6-8-12(9-7-10)11(2)18-15-13(16)4-3-5-14(15)17/h3-9H,2H2,1H3. The molecule has 0 unspecified atom stereocenters. The van der Waals surface area contributed by atoms with Crippen LogP contribution in [0.3, 0.4) is 0 Å². The maximum absolute atomic E-state index is 13.4. The summed E-state index contributed by atoms with van der Waals surface area (Å²) in [6.45, 7) is 5.62. The Morgan fingerprint density at radius 3 is 2.11 bits per heavy atom. The average molecular weight is 246 g/mol. The minimum absolute atomic E-state index is 0.207. The van der Waals surface area contributed by atoms with Crippen LogP contribution in [0.25, 0.3) is 5.76 Å². The van der Waals surface area contributed by atoms with E-state index in [0.29, 0.717) is 5.56 Å². The van der Waals surface area contributed by atoms with Gasteiger partial charge in [0.25, 0.3) is 0 Å². The number of ether oxygens (including phenoxy) is 1. The molecule has 0 bridgehead atoms. The molecule has 0 aliphatic rings. The highest BCUT2D eigenvalue weighted by Gasteiger charge is 2.12. The van der Waals surface area contributed by atoms with Crippen molar-refractivity contribution in [2.75, 3.05) is 0 Å². The smallest absolute Gasteiger partial charge is 0.198 e. The molecule has 0 amide bonds. The molecular formula is C15H12F2O. The van der Waals surface area contributed by atoms with Crippen molar-refractivity contribution in [2.45, 2.75) is 6.92 Å². The van der Waals surface area contributed by atoms with Gasteiger partial charge in [0.1, 0.15) is 5.76 Å². The second-order valence-corrected chi connectivity index (χ2v) is 3.94. The van der Waals surface area contributed by atoms with E-state index in [9.17, 15) is 8.78 Å². The Balaban J connectivity index is 2.24. The van der Waals surface area contributed by atoms with E-state index in [-0.39, 0.29) is 5.76 Å². The zero-order valence-electron chi connectivity index (χ0n) is 9.91. The first-order chi connectivity index (χ1) is 8.58. The SMILES string of the molecule is C=C(Oc1c(F)cccc1F)c1ccc(C)cc1. The summed E-state index contributed by atoms with van der Waals surface area (Å²) < 4.78 is 31.9. The highest BCUT2D eigenvalue weighted by Crippen LogP contribution is 2.26. The van der Waals surface area contributed by atoms with Crippen LogP contribution < -0.4 is 4.74 Å². The fourth-order valence-electron chi connectivity index (χ4n) is 1.50. The van der Waals surface area contributed by atoms with E-state index in [1.807, 2.05) is 19.1 Å². The van der Waals surface area contributed by atoms with Crippen LogP contribution in [-0.2, 0) is 0 Å². The Kier molecular flexibility index (Phi) is 3.42. The molecule has 0 N–H and O–H groups in total. The fraction of sp³-hybridized carbons (Fsp3) is 0.0667. The van der Waals surface area contributed by atoms with Gasteiger partial charge in [0.2, 0.25) is 0 Å². The molecular weight excluding hydrogens is 234 g/mol. The zero-order chi connectivity index (χ0) is 13.1. The molecule has 0 radical (unpaired) electrons. The summed E-state index contributed by atoms with van der Waals surface area (Å²) in [4.78, 5) is 0. The number of hydrogen-bond acceptors (Lipinski definition) is 1. The van der Waals surface area contributed by atoms with Gasteiger partial charge in [0.15, 0.2) is 17.4 Å². The molecule has 92 valence electrons. The Hall–Kier alpha value is -2.16. The molecule has 0 saturated heterocycles. The van der Waals surface area contributed by atoms with Gasteiger partial charge >= 0.3 is 0 Å². The highest BCUT2D eigenvalue weighted by atomic mass is 19.1. The van der Waals surface area contributed by atoms with Crippen LogP contribution in [0.5, 0.6) is 5.75 Å². The first-order valence-corrected chi connectivity index (χ1v) is 5.46. The lowest BCUT2D eigenvalue weighted by Gasteiger charge is -2.10. The maximum atomic E-state index is 13.4. The Morgan fingerprint density at radius 1 is 1.00 bits per heavy atom. The van der Waals surface area contributed by atoms with Gasteiger partial charge in [0.05, 0.1) is 0 Å². The summed E-state index contributed by atoms with van der Waals surface area (Å²) in [5.74, 6) is -1.71. The van der Waals surface area contributed by atoms with Gasteiger partial charge in [0, 0.05) is 5.56 Å². The molecule has 0 saturated carbocycles. The van der Waals surface area contributed by atoms with Crippen LogP contribution in [-0.4, -0.2) is 0 Å². The molecule has 18 heavy (non-hydrogen) atoms. The third kappa shape index (κ3) is 2.56. The van der Waals surface area contributed by atoms with Crippen molar-refractivity contribution >= 4 is 5.76 Å². The van der Waals surface area contributed by atoms with Crippen molar-refractivity contribution < 1.29 is 13.5 Å². The molecule has 3 heteroatoms. The molecule has 0 atom stereocenters. The molecule has 0 fully saturated rings. The molecule has 0 aliphatic carbocycles. The summed E-state index contributed by atoms with van der Waals surface area (Å²) in [7, 11) is 0. The Bertz CT molecular complexity index is 553. The fourth-order valence-corrected chi connectivity index (χ4v) is 1.50. The molecule has 2 aromatic rings. The van der Waals surface area contributed by atoms with E-state index >= 15 is 0 Å². The van der Waals surface area contributed by atoms with E-state index in [4.69, 9.17) is 4.74 Å². The topological polar surface area (TPSA) is 9.23 Å². The number of rotatable bonds is 3. The van der Waals surface area contributed by atoms with Gasteiger partial charge < -0.3 is 4.74 Å². The molecule has 0 heterocycles. The summed E-state index contributed by atoms with van der Waals surface area (Å²) in [5, 5.41) is 0. The second kappa shape index (κ2) is 5.00. The third-order valence-corrected chi connectivity index (χ3v) is 2.52. The minimum atomic E-state index is -0.747. The van der Waals surface area contributed by atoms with Gasteiger partial charge in [-0.05, 0) is 19.1 Å². The summed E-state index contributed by atoms with van der Waals surface area (Å²) in [6, 6.07) is 10.9. The van der Waals surface area contributed by atoms with Crippen molar-refractivity contribution in [2.24, 2.45) is 0 Å². The Morgan fingerprint density at radius 2 is 1.56 bits per heavy atom. The molecule has 0 spiro atoms. The largest absolute Gasteiger partial charge is 0.451 e. The van der Waals surface area contributed by atoms with Crippen molar-refractivity contribution in [1.82, 2.24) is 0 Å². The molecule has 2 aromatic carbocycles. The van der Waals surface area contributed by atoms with Crippen LogP contribution in [0.4, 0.5) is 8.78 Å². The van der Waals surface area contributed by atoms with Gasteiger partial charge in [-0.1, -0.05) is 42.5 Å². The molecule has 1 nitrogen and oxygen atoms in total. The maximum Gasteiger partial charge on any atom is 0.198 e.